The van der Waals surface area contributed by atoms with E-state index in [0.717, 1.165) is 41.5 Å². The molecule has 2 aromatic carbocycles. The molecule has 5 aromatic rings. The molecule has 6 rings (SSSR count). The number of aryl methyl sites for hydroxylation is 3. The van der Waals surface area contributed by atoms with E-state index in [4.69, 9.17) is 9.40 Å². The van der Waals surface area contributed by atoms with Crippen molar-refractivity contribution in [2.45, 2.75) is 32.6 Å². The third kappa shape index (κ3) is 4.71. The van der Waals surface area contributed by atoms with E-state index < -0.39 is 10.8 Å². The molecule has 200 valence electrons. The average Bonchev–Trinajstić information content (AvgIpc) is 3.58. The number of amides is 1. The molecule has 3 aromatic heterocycles. The van der Waals surface area contributed by atoms with Crippen molar-refractivity contribution in [1.29, 1.82) is 0 Å². The molecule has 0 aliphatic heterocycles. The van der Waals surface area contributed by atoms with Crippen molar-refractivity contribution in [2.75, 3.05) is 0 Å². The third-order valence-electron chi connectivity index (χ3n) is 6.89. The normalized spacial score (nSPS) is 13.0. The Morgan fingerprint density at radius 1 is 1.10 bits per heavy atom. The first kappa shape index (κ1) is 25.4. The molecule has 0 spiro atoms. The van der Waals surface area contributed by atoms with Gasteiger partial charge in [0.05, 0.1) is 22.2 Å². The van der Waals surface area contributed by atoms with E-state index in [9.17, 15) is 19.7 Å². The van der Waals surface area contributed by atoms with Crippen LogP contribution in [0.4, 0.5) is 5.69 Å². The molecule has 0 atom stereocenters. The van der Waals surface area contributed by atoms with Gasteiger partial charge in [-0.15, -0.1) is 11.3 Å². The van der Waals surface area contributed by atoms with Gasteiger partial charge >= 0.3 is 0 Å². The van der Waals surface area contributed by atoms with Crippen LogP contribution in [0.2, 0.25) is 0 Å². The lowest BCUT2D eigenvalue weighted by Crippen LogP contribution is -2.23. The number of carbonyl (C=O) groups is 1. The number of aromatic nitrogens is 2. The number of hydrazone groups is 1. The average molecular weight is 554 g/mol. The van der Waals surface area contributed by atoms with Crippen LogP contribution in [0.5, 0.6) is 0 Å². The molecule has 1 aliphatic rings. The van der Waals surface area contributed by atoms with Crippen LogP contribution in [-0.4, -0.2) is 26.6 Å². The van der Waals surface area contributed by atoms with Crippen molar-refractivity contribution in [3.63, 3.8) is 0 Å². The van der Waals surface area contributed by atoms with Crippen LogP contribution in [-0.2, 0) is 12.8 Å². The molecule has 3 heterocycles. The summed E-state index contributed by atoms with van der Waals surface area (Å²) in [6.45, 7) is 1.82. The summed E-state index contributed by atoms with van der Waals surface area (Å²) in [6.07, 6.45) is 5.50. The van der Waals surface area contributed by atoms with Crippen LogP contribution in [0.1, 0.15) is 45.2 Å². The van der Waals surface area contributed by atoms with Gasteiger partial charge in [0.25, 0.3) is 17.2 Å². The first-order valence-corrected chi connectivity index (χ1v) is 13.5. The molecule has 0 radical (unpaired) electrons. The standard InChI is InChI=1S/C29H23N5O5S/c1-17-31-28-26(23-4-2-3-5-25(23)40-28)29(36)33(17)20-10-8-19(9-11-20)27(35)32-30-16-22-14-15-24(39-22)18-6-12-21(13-7-18)34(37)38/h6-16H,2-5H2,1H3,(H,32,35)/b30-16+. The van der Waals surface area contributed by atoms with Crippen LogP contribution in [0.25, 0.3) is 27.2 Å². The number of furan rings is 1. The van der Waals surface area contributed by atoms with Crippen molar-refractivity contribution in [2.24, 2.45) is 5.10 Å². The lowest BCUT2D eigenvalue weighted by atomic mass is 9.97. The molecule has 10 nitrogen and oxygen atoms in total. The maximum Gasteiger partial charge on any atom is 0.271 e. The largest absolute Gasteiger partial charge is 0.455 e. The zero-order chi connectivity index (χ0) is 27.8. The highest BCUT2D eigenvalue weighted by atomic mass is 32.1. The van der Waals surface area contributed by atoms with E-state index in [0.29, 0.717) is 34.2 Å². The van der Waals surface area contributed by atoms with Gasteiger partial charge in [-0.05, 0) is 86.7 Å². The van der Waals surface area contributed by atoms with Crippen LogP contribution in [0.3, 0.4) is 0 Å². The number of non-ortho nitro benzene ring substituents is 1. The summed E-state index contributed by atoms with van der Waals surface area (Å²) in [7, 11) is 0. The van der Waals surface area contributed by atoms with Gasteiger partial charge in [-0.3, -0.25) is 24.3 Å². The maximum atomic E-state index is 13.5. The van der Waals surface area contributed by atoms with Crippen molar-refractivity contribution < 1.29 is 14.1 Å². The number of nitro benzene ring substituents is 1. The van der Waals surface area contributed by atoms with Gasteiger partial charge in [-0.25, -0.2) is 10.4 Å². The number of rotatable bonds is 6. The molecule has 1 N–H and O–H groups in total. The Kier molecular flexibility index (Phi) is 6.56. The molecule has 1 amide bonds. The molecule has 11 heteroatoms. The fraction of sp³-hybridized carbons (Fsp3) is 0.172. The van der Waals surface area contributed by atoms with E-state index in [-0.39, 0.29) is 11.2 Å². The molecule has 0 saturated heterocycles. The molecule has 1 aliphatic carbocycles. The monoisotopic (exact) mass is 553 g/mol. The quantitative estimate of drug-likeness (QED) is 0.166. The predicted molar refractivity (Wildman–Crippen MR) is 152 cm³/mol. The molecule has 0 unspecified atom stereocenters. The number of fused-ring (bicyclic) bond motifs is 3. The molecule has 40 heavy (non-hydrogen) atoms. The minimum absolute atomic E-state index is 0.00577. The van der Waals surface area contributed by atoms with Crippen molar-refractivity contribution >= 4 is 39.4 Å². The van der Waals surface area contributed by atoms with Crippen molar-refractivity contribution in [3.8, 4) is 17.0 Å². The second kappa shape index (κ2) is 10.3. The Morgan fingerprint density at radius 2 is 1.85 bits per heavy atom. The number of thiophene rings is 1. The summed E-state index contributed by atoms with van der Waals surface area (Å²) in [6, 6.07) is 16.1. The molecular formula is C29H23N5O5S. The van der Waals surface area contributed by atoms with Crippen LogP contribution >= 0.6 is 11.3 Å². The van der Waals surface area contributed by atoms with Crippen LogP contribution in [0.15, 0.2) is 75.0 Å². The minimum atomic E-state index is -0.464. The van der Waals surface area contributed by atoms with Crippen molar-refractivity contribution in [3.05, 3.63) is 109 Å². The predicted octanol–water partition coefficient (Wildman–Crippen LogP) is 5.57. The second-order valence-corrected chi connectivity index (χ2v) is 10.5. The van der Waals surface area contributed by atoms with E-state index in [1.54, 1.807) is 64.4 Å². The summed E-state index contributed by atoms with van der Waals surface area (Å²) in [5.41, 5.74) is 5.22. The maximum absolute atomic E-state index is 13.5. The summed E-state index contributed by atoms with van der Waals surface area (Å²) >= 11 is 1.63. The number of nitrogens with zero attached hydrogens (tertiary/aromatic N) is 4. The number of hydrogen-bond acceptors (Lipinski definition) is 8. The number of carbonyl (C=O) groups excluding carboxylic acids is 1. The van der Waals surface area contributed by atoms with Gasteiger partial charge in [-0.1, -0.05) is 0 Å². The summed E-state index contributed by atoms with van der Waals surface area (Å²) in [5.74, 6) is 1.09. The highest BCUT2D eigenvalue weighted by Crippen LogP contribution is 2.34. The summed E-state index contributed by atoms with van der Waals surface area (Å²) in [4.78, 5) is 43.3. The zero-order valence-corrected chi connectivity index (χ0v) is 22.2. The first-order valence-electron chi connectivity index (χ1n) is 12.7. The zero-order valence-electron chi connectivity index (χ0n) is 21.4. The fourth-order valence-electron chi connectivity index (χ4n) is 4.92. The Hall–Kier alpha value is -4.90. The summed E-state index contributed by atoms with van der Waals surface area (Å²) < 4.78 is 7.30. The lowest BCUT2D eigenvalue weighted by molar-refractivity contribution is -0.384. The lowest BCUT2D eigenvalue weighted by Gasteiger charge is -2.12. The van der Waals surface area contributed by atoms with Gasteiger partial charge < -0.3 is 4.42 Å². The number of nitrogens with one attached hydrogen (secondary N) is 1. The highest BCUT2D eigenvalue weighted by molar-refractivity contribution is 7.18. The fourth-order valence-corrected chi connectivity index (χ4v) is 6.21. The molecule has 0 fully saturated rings. The molecule has 0 bridgehead atoms. The Morgan fingerprint density at radius 3 is 2.60 bits per heavy atom. The Balaban J connectivity index is 1.16. The minimum Gasteiger partial charge on any atom is -0.455 e. The number of hydrogen-bond donors (Lipinski definition) is 1. The smallest absolute Gasteiger partial charge is 0.271 e. The third-order valence-corrected chi connectivity index (χ3v) is 8.08. The summed E-state index contributed by atoms with van der Waals surface area (Å²) in [5, 5.41) is 15.5. The van der Waals surface area contributed by atoms with Crippen LogP contribution < -0.4 is 11.0 Å². The first-order chi connectivity index (χ1) is 19.4. The molecular weight excluding hydrogens is 530 g/mol. The van der Waals surface area contributed by atoms with Gasteiger partial charge in [0, 0.05) is 28.1 Å². The molecule has 0 saturated carbocycles. The van der Waals surface area contributed by atoms with Crippen LogP contribution in [0, 0.1) is 17.0 Å². The van der Waals surface area contributed by atoms with Gasteiger partial charge in [0.1, 0.15) is 22.2 Å². The van der Waals surface area contributed by atoms with E-state index in [1.165, 1.54) is 23.2 Å². The second-order valence-electron chi connectivity index (χ2n) is 9.44. The Labute approximate surface area is 231 Å². The van der Waals surface area contributed by atoms with Gasteiger partial charge in [0.2, 0.25) is 0 Å². The van der Waals surface area contributed by atoms with Gasteiger partial charge in [-0.2, -0.15) is 5.10 Å². The number of benzene rings is 2. The van der Waals surface area contributed by atoms with E-state index >= 15 is 0 Å². The van der Waals surface area contributed by atoms with E-state index in [1.807, 2.05) is 6.92 Å². The van der Waals surface area contributed by atoms with E-state index in [2.05, 4.69) is 10.5 Å². The SMILES string of the molecule is Cc1nc2sc3c(c2c(=O)n1-c1ccc(C(=O)N/N=C/c2ccc(-c4ccc([N+](=O)[O-])cc4)o2)cc1)CCCC3. The number of nitro groups is 1. The van der Waals surface area contributed by atoms with Gasteiger partial charge in [0.15, 0.2) is 0 Å². The Bertz CT molecular complexity index is 1850. The highest BCUT2D eigenvalue weighted by Gasteiger charge is 2.21. The van der Waals surface area contributed by atoms with Crippen molar-refractivity contribution in [1.82, 2.24) is 15.0 Å². The topological polar surface area (TPSA) is 133 Å².